The van der Waals surface area contributed by atoms with Crippen LogP contribution in [0.1, 0.15) is 17.2 Å². The van der Waals surface area contributed by atoms with Gasteiger partial charge in [0.1, 0.15) is 11.4 Å². The van der Waals surface area contributed by atoms with Crippen LogP contribution in [0.5, 0.6) is 0 Å². The normalized spacial score (nSPS) is 12.8. The Bertz CT molecular complexity index is 751. The number of halogens is 2. The number of aliphatic hydroxyl groups excluding tert-OH is 1. The topological polar surface area (TPSA) is 33.4 Å². The van der Waals surface area contributed by atoms with Crippen molar-refractivity contribution >= 4 is 26.9 Å². The molecule has 0 aliphatic rings. The quantitative estimate of drug-likeness (QED) is 0.758. The van der Waals surface area contributed by atoms with E-state index in [-0.39, 0.29) is 5.82 Å². The predicted octanol–water partition coefficient (Wildman–Crippen LogP) is 4.61. The number of hydrogen-bond acceptors (Lipinski definition) is 2. The van der Waals surface area contributed by atoms with Gasteiger partial charge in [-0.2, -0.15) is 0 Å². The van der Waals surface area contributed by atoms with E-state index in [1.807, 2.05) is 24.3 Å². The van der Waals surface area contributed by atoms with E-state index in [2.05, 4.69) is 15.9 Å². The largest absolute Gasteiger partial charge is 0.464 e. The molecule has 0 aliphatic carbocycles. The van der Waals surface area contributed by atoms with E-state index >= 15 is 0 Å². The number of aliphatic hydroxyl groups is 1. The summed E-state index contributed by atoms with van der Waals surface area (Å²) in [5.41, 5.74) is 2.36. The summed E-state index contributed by atoms with van der Waals surface area (Å²) in [7, 11) is 0. The molecule has 1 aromatic heterocycles. The molecule has 3 aromatic rings. The van der Waals surface area contributed by atoms with Crippen LogP contribution >= 0.6 is 15.9 Å². The van der Waals surface area contributed by atoms with Crippen molar-refractivity contribution in [2.45, 2.75) is 12.5 Å². The SMILES string of the molecule is OC(Cc1ccc(F)c(Br)c1)c1coc2ccccc12. The molecule has 0 fully saturated rings. The monoisotopic (exact) mass is 334 g/mol. The van der Waals surface area contributed by atoms with Crippen molar-refractivity contribution in [3.63, 3.8) is 0 Å². The van der Waals surface area contributed by atoms with Gasteiger partial charge >= 0.3 is 0 Å². The van der Waals surface area contributed by atoms with Gasteiger partial charge in [-0.1, -0.05) is 24.3 Å². The van der Waals surface area contributed by atoms with E-state index < -0.39 is 6.10 Å². The maximum Gasteiger partial charge on any atom is 0.137 e. The summed E-state index contributed by atoms with van der Waals surface area (Å²) >= 11 is 3.15. The Hall–Kier alpha value is -1.65. The number of hydrogen-bond donors (Lipinski definition) is 1. The number of rotatable bonds is 3. The van der Waals surface area contributed by atoms with Gasteiger partial charge in [-0.25, -0.2) is 4.39 Å². The van der Waals surface area contributed by atoms with Gasteiger partial charge in [0.05, 0.1) is 16.8 Å². The Balaban J connectivity index is 1.89. The molecule has 0 saturated carbocycles. The first kappa shape index (κ1) is 13.3. The summed E-state index contributed by atoms with van der Waals surface area (Å²) in [6, 6.07) is 12.3. The Morgan fingerprint density at radius 1 is 1.20 bits per heavy atom. The lowest BCUT2D eigenvalue weighted by atomic mass is 10.0. The van der Waals surface area contributed by atoms with Crippen LogP contribution in [-0.2, 0) is 6.42 Å². The Kier molecular flexibility index (Phi) is 3.59. The van der Waals surface area contributed by atoms with Gasteiger partial charge in [0, 0.05) is 17.4 Å². The van der Waals surface area contributed by atoms with E-state index in [1.54, 1.807) is 18.4 Å². The highest BCUT2D eigenvalue weighted by Crippen LogP contribution is 2.29. The van der Waals surface area contributed by atoms with Gasteiger partial charge < -0.3 is 9.52 Å². The molecule has 0 radical (unpaired) electrons. The third kappa shape index (κ3) is 2.49. The summed E-state index contributed by atoms with van der Waals surface area (Å²) in [6.45, 7) is 0. The minimum atomic E-state index is -0.684. The van der Waals surface area contributed by atoms with Crippen LogP contribution in [0.3, 0.4) is 0 Å². The average molecular weight is 335 g/mol. The van der Waals surface area contributed by atoms with E-state index in [4.69, 9.17) is 4.42 Å². The third-order valence-corrected chi connectivity index (χ3v) is 3.89. The maximum atomic E-state index is 13.2. The molecule has 4 heteroatoms. The van der Waals surface area contributed by atoms with Crippen LogP contribution in [0.15, 0.2) is 57.6 Å². The molecule has 2 nitrogen and oxygen atoms in total. The zero-order valence-electron chi connectivity index (χ0n) is 10.5. The lowest BCUT2D eigenvalue weighted by Gasteiger charge is -2.10. The highest BCUT2D eigenvalue weighted by Gasteiger charge is 2.15. The van der Waals surface area contributed by atoms with E-state index in [0.717, 1.165) is 22.1 Å². The van der Waals surface area contributed by atoms with Crippen LogP contribution in [0.25, 0.3) is 11.0 Å². The number of benzene rings is 2. The minimum absolute atomic E-state index is 0.308. The number of fused-ring (bicyclic) bond motifs is 1. The van der Waals surface area contributed by atoms with Crippen molar-refractivity contribution in [2.75, 3.05) is 0 Å². The first-order chi connectivity index (χ1) is 9.65. The summed E-state index contributed by atoms with van der Waals surface area (Å²) < 4.78 is 19.0. The van der Waals surface area contributed by atoms with Gasteiger partial charge in [-0.05, 0) is 39.7 Å². The molecular weight excluding hydrogens is 323 g/mol. The van der Waals surface area contributed by atoms with Crippen LogP contribution in [0.4, 0.5) is 4.39 Å². The standard InChI is InChI=1S/C16H12BrFO2/c17-13-7-10(5-6-14(13)18)8-15(19)12-9-20-16-4-2-1-3-11(12)16/h1-7,9,15,19H,8H2. The molecule has 0 bridgehead atoms. The Morgan fingerprint density at radius 2 is 2.00 bits per heavy atom. The second kappa shape index (κ2) is 5.38. The van der Waals surface area contributed by atoms with Gasteiger partial charge in [0.15, 0.2) is 0 Å². The molecule has 1 heterocycles. The van der Waals surface area contributed by atoms with Gasteiger partial charge in [0.25, 0.3) is 0 Å². The fourth-order valence-corrected chi connectivity index (χ4v) is 2.68. The second-order valence-corrected chi connectivity index (χ2v) is 5.51. The first-order valence-electron chi connectivity index (χ1n) is 6.23. The molecule has 102 valence electrons. The summed E-state index contributed by atoms with van der Waals surface area (Å²) in [6.07, 6.45) is 1.30. The van der Waals surface area contributed by atoms with E-state index in [0.29, 0.717) is 10.9 Å². The van der Waals surface area contributed by atoms with Crippen LogP contribution < -0.4 is 0 Å². The van der Waals surface area contributed by atoms with Crippen molar-refractivity contribution in [2.24, 2.45) is 0 Å². The lowest BCUT2D eigenvalue weighted by Crippen LogP contribution is -2.01. The van der Waals surface area contributed by atoms with Gasteiger partial charge in [-0.3, -0.25) is 0 Å². The summed E-state index contributed by atoms with van der Waals surface area (Å²) in [5.74, 6) is -0.308. The second-order valence-electron chi connectivity index (χ2n) is 4.66. The zero-order chi connectivity index (χ0) is 14.1. The highest BCUT2D eigenvalue weighted by atomic mass is 79.9. The van der Waals surface area contributed by atoms with Crippen LogP contribution in [0.2, 0.25) is 0 Å². The number of para-hydroxylation sites is 1. The molecule has 20 heavy (non-hydrogen) atoms. The van der Waals surface area contributed by atoms with E-state index in [9.17, 15) is 9.50 Å². The van der Waals surface area contributed by atoms with Crippen molar-refractivity contribution in [1.82, 2.24) is 0 Å². The molecule has 1 unspecified atom stereocenters. The van der Waals surface area contributed by atoms with Crippen molar-refractivity contribution in [3.8, 4) is 0 Å². The molecule has 3 rings (SSSR count). The molecule has 0 spiro atoms. The summed E-state index contributed by atoms with van der Waals surface area (Å²) in [5, 5.41) is 11.3. The molecule has 0 aliphatic heterocycles. The Labute approximate surface area is 124 Å². The lowest BCUT2D eigenvalue weighted by molar-refractivity contribution is 0.179. The molecule has 1 N–H and O–H groups in total. The Morgan fingerprint density at radius 3 is 2.80 bits per heavy atom. The van der Waals surface area contributed by atoms with Gasteiger partial charge in [-0.15, -0.1) is 0 Å². The van der Waals surface area contributed by atoms with Crippen LogP contribution in [0, 0.1) is 5.82 Å². The fraction of sp³-hybridized carbons (Fsp3) is 0.125. The van der Waals surface area contributed by atoms with Crippen molar-refractivity contribution in [1.29, 1.82) is 0 Å². The molecule has 0 amide bonds. The number of furan rings is 1. The molecule has 1 atom stereocenters. The minimum Gasteiger partial charge on any atom is -0.464 e. The first-order valence-corrected chi connectivity index (χ1v) is 7.02. The molecular formula is C16H12BrFO2. The smallest absolute Gasteiger partial charge is 0.137 e. The average Bonchev–Trinajstić information content (AvgIpc) is 2.87. The molecule has 2 aromatic carbocycles. The van der Waals surface area contributed by atoms with Crippen LogP contribution in [-0.4, -0.2) is 5.11 Å². The van der Waals surface area contributed by atoms with Crippen molar-refractivity contribution < 1.29 is 13.9 Å². The zero-order valence-corrected chi connectivity index (χ0v) is 12.1. The highest BCUT2D eigenvalue weighted by molar-refractivity contribution is 9.10. The predicted molar refractivity (Wildman–Crippen MR) is 79.0 cm³/mol. The molecule has 0 saturated heterocycles. The summed E-state index contributed by atoms with van der Waals surface area (Å²) in [4.78, 5) is 0. The van der Waals surface area contributed by atoms with Crippen molar-refractivity contribution in [3.05, 3.63) is 70.1 Å². The third-order valence-electron chi connectivity index (χ3n) is 3.28. The van der Waals surface area contributed by atoms with E-state index in [1.165, 1.54) is 6.07 Å². The fourth-order valence-electron chi connectivity index (χ4n) is 2.26. The van der Waals surface area contributed by atoms with Gasteiger partial charge in [0.2, 0.25) is 0 Å². The maximum absolute atomic E-state index is 13.2.